The predicted octanol–water partition coefficient (Wildman–Crippen LogP) is 13.2. The first-order valence-electron chi connectivity index (χ1n) is 18.9. The quantitative estimate of drug-likeness (QED) is 0.163. The fraction of sp³-hybridized carbons (Fsp3) is 0.160. The smallest absolute Gasteiger partial charge is 0.0906 e. The molecule has 2 aliphatic carbocycles. The minimum Gasteiger partial charge on any atom is -0.327 e. The summed E-state index contributed by atoms with van der Waals surface area (Å²) in [6.07, 6.45) is 7.67. The van der Waals surface area contributed by atoms with Crippen LogP contribution in [-0.2, 0) is 10.8 Å². The molecule has 0 spiro atoms. The van der Waals surface area contributed by atoms with Gasteiger partial charge in [0.05, 0.1) is 27.0 Å². The highest BCUT2D eigenvalue weighted by molar-refractivity contribution is 7.26. The van der Waals surface area contributed by atoms with E-state index in [1.165, 1.54) is 81.3 Å². The molecule has 4 heterocycles. The summed E-state index contributed by atoms with van der Waals surface area (Å²) in [7, 11) is 0. The predicted molar refractivity (Wildman–Crippen MR) is 225 cm³/mol. The Morgan fingerprint density at radius 2 is 1.30 bits per heavy atom. The molecule has 2 nitrogen and oxygen atoms in total. The zero-order valence-corrected chi connectivity index (χ0v) is 31.1. The van der Waals surface area contributed by atoms with Crippen LogP contribution in [0.1, 0.15) is 44.4 Å². The van der Waals surface area contributed by atoms with E-state index in [0.29, 0.717) is 0 Å². The van der Waals surface area contributed by atoms with Gasteiger partial charge in [0.15, 0.2) is 0 Å². The Bertz CT molecular complexity index is 3040. The molecule has 2 aliphatic heterocycles. The van der Waals surface area contributed by atoms with E-state index >= 15 is 0 Å². The number of fused-ring (bicyclic) bond motifs is 12. The van der Waals surface area contributed by atoms with E-state index in [1.807, 2.05) is 11.3 Å². The molecule has 0 saturated heterocycles. The first-order chi connectivity index (χ1) is 25.8. The van der Waals surface area contributed by atoms with Gasteiger partial charge in [-0.3, -0.25) is 0 Å². The number of hydrogen-bond acceptors (Lipinski definition) is 2. The first-order valence-corrected chi connectivity index (χ1v) is 19.8. The summed E-state index contributed by atoms with van der Waals surface area (Å²) in [6.45, 7) is 9.90. The third-order valence-electron chi connectivity index (χ3n) is 13.4. The van der Waals surface area contributed by atoms with Crippen LogP contribution in [0.2, 0.25) is 0 Å². The van der Waals surface area contributed by atoms with E-state index in [2.05, 4.69) is 189 Å². The van der Waals surface area contributed by atoms with Gasteiger partial charge in [-0.2, -0.15) is 0 Å². The van der Waals surface area contributed by atoms with Crippen LogP contribution in [0, 0.1) is 5.92 Å². The van der Waals surface area contributed by atoms with Gasteiger partial charge >= 0.3 is 0 Å². The van der Waals surface area contributed by atoms with Gasteiger partial charge in [-0.05, 0) is 97.0 Å². The molecule has 0 radical (unpaired) electrons. The zero-order valence-electron chi connectivity index (χ0n) is 30.3. The van der Waals surface area contributed by atoms with E-state index in [0.717, 1.165) is 0 Å². The Morgan fingerprint density at radius 1 is 0.604 bits per heavy atom. The summed E-state index contributed by atoms with van der Waals surface area (Å²) in [5.74, 6) is 0.288. The van der Waals surface area contributed by atoms with Crippen LogP contribution in [-0.4, -0.2) is 10.1 Å². The second-order valence-electron chi connectivity index (χ2n) is 16.2. The van der Waals surface area contributed by atoms with Gasteiger partial charge in [0.25, 0.3) is 0 Å². The lowest BCUT2D eigenvalue weighted by Gasteiger charge is -2.59. The number of rotatable bonds is 2. The number of anilines is 2. The van der Waals surface area contributed by atoms with Crippen LogP contribution >= 0.6 is 11.3 Å². The molecule has 8 aromatic rings. The standard InChI is InChI=1S/C50H38N2S/c1-30-26-27-48(2)37-18-8-11-21-42(37)52-41-20-10-6-16-35(41)38-29-49(3,45(30)47(48)50(38,52)4)31-24-25-40-36(28-31)32-14-5-9-19-39(32)51(40)43-22-13-17-34-33-15-7-12-23-44(33)53-46(34)43/h5-30H,1-4H3. The van der Waals surface area contributed by atoms with Crippen molar-refractivity contribution in [3.05, 3.63) is 180 Å². The third kappa shape index (κ3) is 3.46. The maximum absolute atomic E-state index is 2.66. The second kappa shape index (κ2) is 9.86. The number of hydrogen-bond donors (Lipinski definition) is 0. The van der Waals surface area contributed by atoms with Gasteiger partial charge in [-0.1, -0.05) is 116 Å². The normalized spacial score (nSPS) is 25.3. The third-order valence-corrected chi connectivity index (χ3v) is 14.7. The lowest BCUT2D eigenvalue weighted by atomic mass is 9.51. The molecule has 53 heavy (non-hydrogen) atoms. The summed E-state index contributed by atoms with van der Waals surface area (Å²) in [5, 5.41) is 5.25. The van der Waals surface area contributed by atoms with E-state index in [9.17, 15) is 0 Å². The molecule has 2 aromatic heterocycles. The second-order valence-corrected chi connectivity index (χ2v) is 17.2. The molecule has 0 bridgehead atoms. The number of nitrogens with zero attached hydrogens (tertiary/aromatic N) is 2. The largest absolute Gasteiger partial charge is 0.327 e. The molecule has 12 rings (SSSR count). The van der Waals surface area contributed by atoms with Crippen LogP contribution in [0.15, 0.2) is 163 Å². The summed E-state index contributed by atoms with van der Waals surface area (Å²) in [4.78, 5) is 2.66. The van der Waals surface area contributed by atoms with E-state index in [4.69, 9.17) is 0 Å². The maximum atomic E-state index is 2.66. The van der Waals surface area contributed by atoms with Gasteiger partial charge in [-0.15, -0.1) is 11.3 Å². The molecule has 3 heteroatoms. The molecule has 254 valence electrons. The molecular formula is C50H38N2S. The van der Waals surface area contributed by atoms with Gasteiger partial charge < -0.3 is 9.47 Å². The first kappa shape index (κ1) is 29.9. The van der Waals surface area contributed by atoms with Gasteiger partial charge in [-0.25, -0.2) is 0 Å². The van der Waals surface area contributed by atoms with Crippen molar-refractivity contribution in [3.63, 3.8) is 0 Å². The van der Waals surface area contributed by atoms with Crippen molar-refractivity contribution in [2.45, 2.75) is 44.1 Å². The number of benzene rings is 6. The van der Waals surface area contributed by atoms with Crippen LogP contribution < -0.4 is 4.90 Å². The molecule has 0 N–H and O–H groups in total. The molecular weight excluding hydrogens is 661 g/mol. The Labute approximate surface area is 313 Å². The van der Waals surface area contributed by atoms with Crippen molar-refractivity contribution < 1.29 is 0 Å². The molecule has 6 aromatic carbocycles. The molecule has 4 unspecified atom stereocenters. The van der Waals surface area contributed by atoms with Gasteiger partial charge in [0, 0.05) is 54.0 Å². The van der Waals surface area contributed by atoms with Crippen LogP contribution in [0.4, 0.5) is 11.4 Å². The monoisotopic (exact) mass is 698 g/mol. The Balaban J connectivity index is 1.15. The molecule has 4 aliphatic rings. The maximum Gasteiger partial charge on any atom is 0.0906 e. The van der Waals surface area contributed by atoms with Crippen molar-refractivity contribution >= 4 is 70.3 Å². The zero-order chi connectivity index (χ0) is 35.4. The Kier molecular flexibility index (Phi) is 5.56. The van der Waals surface area contributed by atoms with Crippen molar-refractivity contribution in [1.82, 2.24) is 4.57 Å². The van der Waals surface area contributed by atoms with Crippen molar-refractivity contribution in [2.75, 3.05) is 4.90 Å². The SMILES string of the molecule is CC1C=CC2(C)C3=C1C(C)(c1ccc4c(c1)c1ccccc1n4-c1cccc4c1sc1ccccc14)C=C1c4ccccc4N(c4ccccc42)C13C. The van der Waals surface area contributed by atoms with E-state index in [1.54, 1.807) is 11.1 Å². The van der Waals surface area contributed by atoms with Crippen LogP contribution in [0.5, 0.6) is 0 Å². The fourth-order valence-electron chi connectivity index (χ4n) is 11.3. The highest BCUT2D eigenvalue weighted by Gasteiger charge is 2.62. The molecule has 0 fully saturated rings. The number of para-hydroxylation sites is 3. The summed E-state index contributed by atoms with van der Waals surface area (Å²) >= 11 is 1.90. The van der Waals surface area contributed by atoms with Crippen molar-refractivity contribution in [1.29, 1.82) is 0 Å². The lowest BCUT2D eigenvalue weighted by Crippen LogP contribution is -2.57. The summed E-state index contributed by atoms with van der Waals surface area (Å²) < 4.78 is 5.18. The van der Waals surface area contributed by atoms with Crippen LogP contribution in [0.3, 0.4) is 0 Å². The molecule has 0 amide bonds. The molecule has 0 saturated carbocycles. The summed E-state index contributed by atoms with van der Waals surface area (Å²) in [5.41, 5.74) is 14.1. The highest BCUT2D eigenvalue weighted by atomic mass is 32.1. The fourth-order valence-corrected chi connectivity index (χ4v) is 12.5. The van der Waals surface area contributed by atoms with Gasteiger partial charge in [0.1, 0.15) is 0 Å². The average Bonchev–Trinajstić information content (AvgIpc) is 3.81. The number of aromatic nitrogens is 1. The number of thiophene rings is 1. The Hall–Kier alpha value is -5.64. The van der Waals surface area contributed by atoms with E-state index < -0.39 is 0 Å². The number of allylic oxidation sites excluding steroid dienone is 4. The Morgan fingerprint density at radius 3 is 2.19 bits per heavy atom. The topological polar surface area (TPSA) is 8.17 Å². The highest BCUT2D eigenvalue weighted by Crippen LogP contribution is 2.69. The lowest BCUT2D eigenvalue weighted by molar-refractivity contribution is 0.457. The van der Waals surface area contributed by atoms with Gasteiger partial charge in [0.2, 0.25) is 0 Å². The average molecular weight is 699 g/mol. The van der Waals surface area contributed by atoms with E-state index in [-0.39, 0.29) is 22.3 Å². The van der Waals surface area contributed by atoms with Crippen LogP contribution in [0.25, 0.3) is 53.2 Å². The van der Waals surface area contributed by atoms with Crippen molar-refractivity contribution in [3.8, 4) is 5.69 Å². The minimum absolute atomic E-state index is 0.227. The minimum atomic E-state index is -0.325. The van der Waals surface area contributed by atoms with Crippen molar-refractivity contribution in [2.24, 2.45) is 5.92 Å². The summed E-state index contributed by atoms with van der Waals surface area (Å²) in [6, 6.07) is 50.3. The molecule has 4 atom stereocenters.